The lowest BCUT2D eigenvalue weighted by molar-refractivity contribution is -0.139. The van der Waals surface area contributed by atoms with Crippen molar-refractivity contribution in [2.75, 3.05) is 13.6 Å². The topological polar surface area (TPSA) is 32.3 Å². The molecule has 1 saturated heterocycles. The highest BCUT2D eigenvalue weighted by atomic mass is 19.1. The van der Waals surface area contributed by atoms with E-state index < -0.39 is 23.2 Å². The maximum absolute atomic E-state index is 13.9. The summed E-state index contributed by atoms with van der Waals surface area (Å²) in [6.07, 6.45) is 2.81. The molecule has 0 radical (unpaired) electrons. The fourth-order valence-electron chi connectivity index (χ4n) is 2.85. The van der Waals surface area contributed by atoms with Crippen LogP contribution in [0.25, 0.3) is 0 Å². The predicted molar refractivity (Wildman–Crippen MR) is 77.8 cm³/mol. The molecule has 1 aliphatic heterocycles. The van der Waals surface area contributed by atoms with Crippen molar-refractivity contribution in [3.63, 3.8) is 0 Å². The second-order valence-electron chi connectivity index (χ2n) is 5.97. The summed E-state index contributed by atoms with van der Waals surface area (Å²) in [6, 6.07) is 2.81. The van der Waals surface area contributed by atoms with Gasteiger partial charge < -0.3 is 10.2 Å². The third kappa shape index (κ3) is 3.23. The molecular formula is C16H22F2N2O. The lowest BCUT2D eigenvalue weighted by Gasteiger charge is -2.38. The summed E-state index contributed by atoms with van der Waals surface area (Å²) in [4.78, 5) is 14.2. The number of piperidine rings is 1. The fraction of sp³-hybridized carbons (Fsp3) is 0.562. The number of nitrogens with one attached hydrogen (secondary N) is 1. The first-order valence-electron chi connectivity index (χ1n) is 7.32. The molecule has 3 nitrogen and oxygen atoms in total. The summed E-state index contributed by atoms with van der Waals surface area (Å²) < 4.78 is 27.2. The summed E-state index contributed by atoms with van der Waals surface area (Å²) in [6.45, 7) is 4.39. The number of carbonyl (C=O) groups is 1. The predicted octanol–water partition coefficient (Wildman–Crippen LogP) is 3.02. The molecule has 116 valence electrons. The lowest BCUT2D eigenvalue weighted by Crippen LogP contribution is -2.57. The molecule has 1 amide bonds. The Balaban J connectivity index is 2.20. The van der Waals surface area contributed by atoms with Gasteiger partial charge in [-0.1, -0.05) is 0 Å². The van der Waals surface area contributed by atoms with Crippen LogP contribution in [-0.4, -0.2) is 29.9 Å². The highest BCUT2D eigenvalue weighted by molar-refractivity contribution is 5.86. The van der Waals surface area contributed by atoms with Gasteiger partial charge >= 0.3 is 0 Å². The second-order valence-corrected chi connectivity index (χ2v) is 5.97. The van der Waals surface area contributed by atoms with Crippen molar-refractivity contribution in [3.8, 4) is 0 Å². The van der Waals surface area contributed by atoms with Crippen LogP contribution in [0.3, 0.4) is 0 Å². The van der Waals surface area contributed by atoms with Gasteiger partial charge in [-0.2, -0.15) is 0 Å². The van der Waals surface area contributed by atoms with Crippen LogP contribution < -0.4 is 5.32 Å². The summed E-state index contributed by atoms with van der Waals surface area (Å²) in [5.74, 6) is -1.08. The summed E-state index contributed by atoms with van der Waals surface area (Å²) in [5, 5.41) is 3.25. The summed E-state index contributed by atoms with van der Waals surface area (Å²) in [7, 11) is 1.64. The number of amides is 1. The highest BCUT2D eigenvalue weighted by Gasteiger charge is 2.38. The van der Waals surface area contributed by atoms with Gasteiger partial charge in [0.25, 0.3) is 0 Å². The van der Waals surface area contributed by atoms with Crippen molar-refractivity contribution < 1.29 is 13.6 Å². The van der Waals surface area contributed by atoms with Crippen LogP contribution in [0, 0.1) is 11.6 Å². The van der Waals surface area contributed by atoms with Crippen molar-refractivity contribution in [1.82, 2.24) is 10.2 Å². The minimum Gasteiger partial charge on any atom is -0.337 e. The molecule has 0 saturated carbocycles. The van der Waals surface area contributed by atoms with Crippen LogP contribution in [-0.2, 0) is 4.79 Å². The van der Waals surface area contributed by atoms with Crippen molar-refractivity contribution in [1.29, 1.82) is 0 Å². The maximum Gasteiger partial charge on any atom is 0.242 e. The first-order valence-corrected chi connectivity index (χ1v) is 7.32. The Bertz CT molecular complexity index is 527. The number of benzene rings is 1. The normalized spacial score (nSPS) is 23.7. The summed E-state index contributed by atoms with van der Waals surface area (Å²) >= 11 is 0. The second kappa shape index (κ2) is 6.10. The third-order valence-corrected chi connectivity index (χ3v) is 4.40. The van der Waals surface area contributed by atoms with E-state index in [1.54, 1.807) is 14.0 Å². The number of carbonyl (C=O) groups excluding carboxylic acids is 1. The van der Waals surface area contributed by atoms with Crippen molar-refractivity contribution in [2.45, 2.75) is 44.7 Å². The van der Waals surface area contributed by atoms with Crippen molar-refractivity contribution in [2.24, 2.45) is 0 Å². The molecular weight excluding hydrogens is 274 g/mol. The first kappa shape index (κ1) is 15.9. The van der Waals surface area contributed by atoms with Crippen LogP contribution in [0.4, 0.5) is 8.78 Å². The molecule has 2 atom stereocenters. The van der Waals surface area contributed by atoms with E-state index in [4.69, 9.17) is 0 Å². The van der Waals surface area contributed by atoms with Gasteiger partial charge in [0.2, 0.25) is 5.91 Å². The number of rotatable bonds is 3. The Hall–Kier alpha value is -1.49. The van der Waals surface area contributed by atoms with Crippen LogP contribution in [0.5, 0.6) is 0 Å². The zero-order valence-corrected chi connectivity index (χ0v) is 12.7. The Morgan fingerprint density at radius 1 is 1.38 bits per heavy atom. The molecule has 1 fully saturated rings. The molecule has 0 bridgehead atoms. The van der Waals surface area contributed by atoms with Gasteiger partial charge in [0.05, 0.1) is 11.6 Å². The SMILES string of the molecule is CC(c1cc(F)ccc1F)N(C)C(=O)C1(C)CCCCN1. The van der Waals surface area contributed by atoms with E-state index in [0.717, 1.165) is 44.0 Å². The lowest BCUT2D eigenvalue weighted by atomic mass is 9.89. The molecule has 1 aliphatic rings. The van der Waals surface area contributed by atoms with Crippen LogP contribution in [0.2, 0.25) is 0 Å². The summed E-state index contributed by atoms with van der Waals surface area (Å²) in [5.41, 5.74) is -0.421. The maximum atomic E-state index is 13.9. The molecule has 0 aliphatic carbocycles. The molecule has 21 heavy (non-hydrogen) atoms. The smallest absolute Gasteiger partial charge is 0.242 e. The molecule has 5 heteroatoms. The third-order valence-electron chi connectivity index (χ3n) is 4.40. The van der Waals surface area contributed by atoms with Gasteiger partial charge in [-0.15, -0.1) is 0 Å². The Kier molecular flexibility index (Phi) is 4.61. The van der Waals surface area contributed by atoms with E-state index in [1.165, 1.54) is 4.90 Å². The Labute approximate surface area is 124 Å². The number of nitrogens with zero attached hydrogens (tertiary/aromatic N) is 1. The molecule has 2 unspecified atom stereocenters. The average molecular weight is 296 g/mol. The van der Waals surface area contributed by atoms with E-state index in [0.29, 0.717) is 0 Å². The molecule has 2 rings (SSSR count). The van der Waals surface area contributed by atoms with Crippen LogP contribution in [0.15, 0.2) is 18.2 Å². The van der Waals surface area contributed by atoms with Crippen molar-refractivity contribution >= 4 is 5.91 Å². The molecule has 0 aromatic heterocycles. The van der Waals surface area contributed by atoms with Crippen LogP contribution >= 0.6 is 0 Å². The van der Waals surface area contributed by atoms with E-state index in [9.17, 15) is 13.6 Å². The zero-order valence-electron chi connectivity index (χ0n) is 12.7. The number of hydrogen-bond acceptors (Lipinski definition) is 2. The minimum absolute atomic E-state index is 0.0849. The first-order chi connectivity index (χ1) is 9.85. The van der Waals surface area contributed by atoms with Gasteiger partial charge in [0.15, 0.2) is 0 Å². The molecule has 1 heterocycles. The van der Waals surface area contributed by atoms with Crippen molar-refractivity contribution in [3.05, 3.63) is 35.4 Å². The molecule has 1 aromatic rings. The Morgan fingerprint density at radius 3 is 2.71 bits per heavy atom. The minimum atomic E-state index is -0.620. The van der Waals surface area contributed by atoms with Gasteiger partial charge in [-0.3, -0.25) is 4.79 Å². The monoisotopic (exact) mass is 296 g/mol. The van der Waals surface area contributed by atoms with E-state index in [1.807, 2.05) is 6.92 Å². The van der Waals surface area contributed by atoms with Gasteiger partial charge in [0.1, 0.15) is 11.6 Å². The van der Waals surface area contributed by atoms with Crippen LogP contribution in [0.1, 0.15) is 44.7 Å². The van der Waals surface area contributed by atoms with E-state index in [2.05, 4.69) is 5.32 Å². The standard InChI is InChI=1S/C16H22F2N2O/c1-11(13-10-12(17)6-7-14(13)18)20(3)15(21)16(2)8-4-5-9-19-16/h6-7,10-11,19H,4-5,8-9H2,1-3H3. The van der Waals surface area contributed by atoms with Gasteiger partial charge in [-0.25, -0.2) is 8.78 Å². The molecule has 0 spiro atoms. The molecule has 1 aromatic carbocycles. The van der Waals surface area contributed by atoms with Gasteiger partial charge in [0, 0.05) is 12.6 Å². The average Bonchev–Trinajstić information content (AvgIpc) is 2.48. The number of halogens is 2. The highest BCUT2D eigenvalue weighted by Crippen LogP contribution is 2.27. The largest absolute Gasteiger partial charge is 0.337 e. The van der Waals surface area contributed by atoms with E-state index in [-0.39, 0.29) is 11.5 Å². The number of hydrogen-bond donors (Lipinski definition) is 1. The quantitative estimate of drug-likeness (QED) is 0.930. The van der Waals surface area contributed by atoms with Gasteiger partial charge in [-0.05, 0) is 57.9 Å². The number of likely N-dealkylation sites (N-methyl/N-ethyl adjacent to an activating group) is 1. The molecule has 1 N–H and O–H groups in total. The van der Waals surface area contributed by atoms with E-state index >= 15 is 0 Å². The zero-order chi connectivity index (χ0) is 15.6. The fourth-order valence-corrected chi connectivity index (χ4v) is 2.85. The Morgan fingerprint density at radius 2 is 2.10 bits per heavy atom.